The van der Waals surface area contributed by atoms with Gasteiger partial charge in [-0.15, -0.1) is 0 Å². The van der Waals surface area contributed by atoms with E-state index in [1.807, 2.05) is 0 Å². The van der Waals surface area contributed by atoms with E-state index >= 15 is 0 Å². The fraction of sp³-hybridized carbons (Fsp3) is 0.300. The summed E-state index contributed by atoms with van der Waals surface area (Å²) in [6.07, 6.45) is -0.420. The van der Waals surface area contributed by atoms with E-state index in [0.29, 0.717) is 11.1 Å². The van der Waals surface area contributed by atoms with Gasteiger partial charge < -0.3 is 35.0 Å². The Bertz CT molecular complexity index is 972. The number of amides is 1. The minimum atomic E-state index is -1.57. The Morgan fingerprint density at radius 3 is 2.47 bits per heavy atom. The lowest BCUT2D eigenvalue weighted by molar-refractivity contribution is 0.0168. The van der Waals surface area contributed by atoms with Crippen LogP contribution in [0.4, 0.5) is 0 Å². The summed E-state index contributed by atoms with van der Waals surface area (Å²) in [4.78, 5) is 25.6. The molecule has 2 aromatic carbocycles. The molecule has 0 bridgehead atoms. The zero-order valence-corrected chi connectivity index (χ0v) is 16.3. The molecule has 5 N–H and O–H groups in total. The third-order valence-electron chi connectivity index (χ3n) is 4.99. The second-order valence-electron chi connectivity index (χ2n) is 7.22. The molecule has 1 amide bonds. The monoisotopic (exact) mass is 415 g/mol. The van der Waals surface area contributed by atoms with Crippen molar-refractivity contribution in [3.05, 3.63) is 52.6 Å². The van der Waals surface area contributed by atoms with Crippen molar-refractivity contribution in [3.63, 3.8) is 0 Å². The van der Waals surface area contributed by atoms with Gasteiger partial charge in [-0.3, -0.25) is 4.79 Å². The Labute approximate surface area is 172 Å². The predicted molar refractivity (Wildman–Crippen MR) is 107 cm³/mol. The normalized spacial score (nSPS) is 13.6. The number of hydrogen-bond acceptors (Lipinski definition) is 7. The Hall–Kier alpha value is -3.24. The molecule has 3 rings (SSSR count). The zero-order valence-electron chi connectivity index (χ0n) is 16.3. The van der Waals surface area contributed by atoms with Crippen LogP contribution in [0.15, 0.2) is 30.3 Å². The minimum Gasteiger partial charge on any atom is -0.508 e. The minimum absolute atomic E-state index is 0.0293. The van der Waals surface area contributed by atoms with Crippen molar-refractivity contribution in [3.8, 4) is 17.2 Å². The first-order valence-corrected chi connectivity index (χ1v) is 9.37. The lowest BCUT2D eigenvalue weighted by Crippen LogP contribution is -2.56. The van der Waals surface area contributed by atoms with Gasteiger partial charge in [-0.1, -0.05) is 12.1 Å². The topological polar surface area (TPSA) is 148 Å². The fourth-order valence-corrected chi connectivity index (χ4v) is 3.19. The predicted octanol–water partition coefficient (Wildman–Crippen LogP) is 1.02. The molecule has 1 saturated heterocycles. The van der Waals surface area contributed by atoms with Crippen LogP contribution in [0.25, 0.3) is 0 Å². The smallest absolute Gasteiger partial charge is 0.451 e. The average molecular weight is 415 g/mol. The first-order chi connectivity index (χ1) is 14.2. The van der Waals surface area contributed by atoms with E-state index < -0.39 is 30.5 Å². The number of aromatic carboxylic acids is 1. The van der Waals surface area contributed by atoms with Crippen molar-refractivity contribution in [2.75, 3.05) is 13.1 Å². The van der Waals surface area contributed by atoms with Crippen LogP contribution >= 0.6 is 0 Å². The highest BCUT2D eigenvalue weighted by atomic mass is 16.5. The largest absolute Gasteiger partial charge is 0.508 e. The molecular weight excluding hydrogens is 393 g/mol. The fourth-order valence-electron chi connectivity index (χ4n) is 3.19. The summed E-state index contributed by atoms with van der Waals surface area (Å²) in [7, 11) is -1.57. The van der Waals surface area contributed by atoms with Gasteiger partial charge >= 0.3 is 13.1 Å². The van der Waals surface area contributed by atoms with Crippen molar-refractivity contribution in [1.29, 1.82) is 0 Å². The number of carboxylic acid groups (broad SMARTS) is 1. The third-order valence-corrected chi connectivity index (χ3v) is 4.99. The molecule has 1 aliphatic heterocycles. The summed E-state index contributed by atoms with van der Waals surface area (Å²) >= 11 is 0. The molecular formula is C20H22BNO8. The number of ether oxygens (including phenoxy) is 1. The SMILES string of the molecule is Cc1ccc(C(=O)N2CC(Oc3ccc(CCB(O)O)c(O)c3C(=O)O)C2)cc1O. The summed E-state index contributed by atoms with van der Waals surface area (Å²) in [5, 5.41) is 47.4. The van der Waals surface area contributed by atoms with Gasteiger partial charge in [0, 0.05) is 5.56 Å². The molecule has 0 aliphatic carbocycles. The molecule has 0 spiro atoms. The van der Waals surface area contributed by atoms with Crippen LogP contribution in [-0.2, 0) is 6.42 Å². The summed E-state index contributed by atoms with van der Waals surface area (Å²) in [5.74, 6) is -2.13. The lowest BCUT2D eigenvalue weighted by Gasteiger charge is -2.39. The third kappa shape index (κ3) is 4.50. The maximum atomic E-state index is 12.5. The quantitative estimate of drug-likeness (QED) is 0.421. The van der Waals surface area contributed by atoms with Crippen molar-refractivity contribution < 1.29 is 39.7 Å². The van der Waals surface area contributed by atoms with E-state index in [1.54, 1.807) is 19.1 Å². The maximum Gasteiger partial charge on any atom is 0.451 e. The summed E-state index contributed by atoms with van der Waals surface area (Å²) in [6.45, 7) is 2.18. The van der Waals surface area contributed by atoms with Gasteiger partial charge in [0.25, 0.3) is 5.91 Å². The van der Waals surface area contributed by atoms with Crippen LogP contribution in [-0.4, -0.2) is 68.5 Å². The number of likely N-dealkylation sites (tertiary alicyclic amines) is 1. The van der Waals surface area contributed by atoms with Crippen LogP contribution in [0.3, 0.4) is 0 Å². The molecule has 2 aromatic rings. The number of benzene rings is 2. The molecule has 0 unspecified atom stereocenters. The van der Waals surface area contributed by atoms with Crippen LogP contribution in [0.1, 0.15) is 31.8 Å². The van der Waals surface area contributed by atoms with Crippen molar-refractivity contribution in [2.45, 2.75) is 25.8 Å². The molecule has 0 radical (unpaired) electrons. The maximum absolute atomic E-state index is 12.5. The number of carbonyl (C=O) groups excluding carboxylic acids is 1. The van der Waals surface area contributed by atoms with E-state index in [-0.39, 0.29) is 48.8 Å². The van der Waals surface area contributed by atoms with Crippen molar-refractivity contribution in [1.82, 2.24) is 4.90 Å². The highest BCUT2D eigenvalue weighted by Gasteiger charge is 2.34. The lowest BCUT2D eigenvalue weighted by atomic mass is 9.82. The van der Waals surface area contributed by atoms with Crippen LogP contribution in [0.2, 0.25) is 6.32 Å². The van der Waals surface area contributed by atoms with E-state index in [1.165, 1.54) is 23.1 Å². The number of aromatic hydroxyl groups is 2. The van der Waals surface area contributed by atoms with Gasteiger partial charge in [0.1, 0.15) is 28.9 Å². The van der Waals surface area contributed by atoms with Crippen molar-refractivity contribution >= 4 is 19.0 Å². The highest BCUT2D eigenvalue weighted by Crippen LogP contribution is 2.34. The van der Waals surface area contributed by atoms with Crippen LogP contribution < -0.4 is 4.74 Å². The highest BCUT2D eigenvalue weighted by molar-refractivity contribution is 6.41. The first-order valence-electron chi connectivity index (χ1n) is 9.37. The Morgan fingerprint density at radius 2 is 1.87 bits per heavy atom. The molecule has 1 heterocycles. The van der Waals surface area contributed by atoms with Gasteiger partial charge in [0.05, 0.1) is 13.1 Å². The number of rotatable bonds is 7. The number of phenols is 2. The number of carboxylic acids is 1. The Morgan fingerprint density at radius 1 is 1.17 bits per heavy atom. The van der Waals surface area contributed by atoms with Crippen LogP contribution in [0, 0.1) is 6.92 Å². The number of nitrogens with zero attached hydrogens (tertiary/aromatic N) is 1. The van der Waals surface area contributed by atoms with Gasteiger partial charge in [-0.05, 0) is 49.0 Å². The van der Waals surface area contributed by atoms with E-state index in [4.69, 9.17) is 14.8 Å². The Kier molecular flexibility index (Phi) is 6.18. The second kappa shape index (κ2) is 8.64. The van der Waals surface area contributed by atoms with Gasteiger partial charge in [-0.25, -0.2) is 4.79 Å². The molecule has 0 aromatic heterocycles. The van der Waals surface area contributed by atoms with Gasteiger partial charge in [0.15, 0.2) is 0 Å². The molecule has 10 heteroatoms. The molecule has 30 heavy (non-hydrogen) atoms. The summed E-state index contributed by atoms with van der Waals surface area (Å²) in [6, 6.07) is 7.54. The summed E-state index contributed by atoms with van der Waals surface area (Å²) in [5.41, 5.74) is 0.857. The summed E-state index contributed by atoms with van der Waals surface area (Å²) < 4.78 is 5.68. The molecule has 0 saturated carbocycles. The van der Waals surface area contributed by atoms with E-state index in [2.05, 4.69) is 0 Å². The molecule has 0 atom stereocenters. The van der Waals surface area contributed by atoms with E-state index in [9.17, 15) is 24.9 Å². The average Bonchev–Trinajstić information content (AvgIpc) is 2.64. The van der Waals surface area contributed by atoms with Crippen LogP contribution in [0.5, 0.6) is 17.2 Å². The number of carbonyl (C=O) groups is 2. The Balaban J connectivity index is 1.67. The molecule has 1 fully saturated rings. The number of phenolic OH excluding ortho intramolecular Hbond substituents is 1. The van der Waals surface area contributed by atoms with E-state index in [0.717, 1.165) is 0 Å². The molecule has 9 nitrogen and oxygen atoms in total. The number of aryl methyl sites for hydroxylation is 2. The second-order valence-corrected chi connectivity index (χ2v) is 7.22. The molecule has 158 valence electrons. The van der Waals surface area contributed by atoms with Gasteiger partial charge in [0.2, 0.25) is 0 Å². The first kappa shape index (κ1) is 21.5. The van der Waals surface area contributed by atoms with Crippen molar-refractivity contribution in [2.24, 2.45) is 0 Å². The zero-order chi connectivity index (χ0) is 22.0. The standard InChI is InChI=1S/C20H22BNO8/c1-11-2-3-13(8-15(11)23)19(25)22-9-14(10-22)30-16-5-4-12(6-7-21(28)29)18(24)17(16)20(26)27/h2-5,8,14,23-24,28-29H,6-7,9-10H2,1H3,(H,26,27). The van der Waals surface area contributed by atoms with Gasteiger partial charge in [-0.2, -0.15) is 0 Å². The molecule has 1 aliphatic rings. The number of hydrogen-bond donors (Lipinski definition) is 5.